The van der Waals surface area contributed by atoms with Gasteiger partial charge in [0.05, 0.1) is 5.54 Å². The molecule has 1 aliphatic carbocycles. The molecule has 0 radical (unpaired) electrons. The van der Waals surface area contributed by atoms with E-state index in [9.17, 15) is 19.1 Å². The summed E-state index contributed by atoms with van der Waals surface area (Å²) in [6, 6.07) is 4.34. The van der Waals surface area contributed by atoms with Crippen molar-refractivity contribution in [2.24, 2.45) is 5.73 Å². The van der Waals surface area contributed by atoms with Crippen LogP contribution in [0.5, 0.6) is 5.75 Å². The molecule has 3 rings (SSSR count). The van der Waals surface area contributed by atoms with Crippen LogP contribution in [0.15, 0.2) is 18.2 Å². The summed E-state index contributed by atoms with van der Waals surface area (Å²) in [5, 5.41) is 9.68. The van der Waals surface area contributed by atoms with Crippen molar-refractivity contribution in [3.05, 3.63) is 29.6 Å². The molecule has 6 nitrogen and oxygen atoms in total. The third-order valence-corrected chi connectivity index (χ3v) is 5.31. The maximum Gasteiger partial charge on any atom is 0.348 e. The van der Waals surface area contributed by atoms with Crippen LogP contribution in [0.4, 0.5) is 4.39 Å². The highest BCUT2D eigenvalue weighted by molar-refractivity contribution is 5.87. The zero-order chi connectivity index (χ0) is 18.2. The van der Waals surface area contributed by atoms with E-state index in [0.717, 1.165) is 12.0 Å². The first kappa shape index (κ1) is 17.7. The number of ether oxygens (including phenoxy) is 1. The second-order valence-electron chi connectivity index (χ2n) is 7.14. The Labute approximate surface area is 145 Å². The topological polar surface area (TPSA) is 92.9 Å². The van der Waals surface area contributed by atoms with Crippen LogP contribution in [0.2, 0.25) is 0 Å². The van der Waals surface area contributed by atoms with Crippen LogP contribution in [-0.4, -0.2) is 46.1 Å². The minimum Gasteiger partial charge on any atom is -0.478 e. The van der Waals surface area contributed by atoms with E-state index in [0.29, 0.717) is 12.8 Å². The third kappa shape index (κ3) is 3.20. The van der Waals surface area contributed by atoms with E-state index in [1.807, 2.05) is 0 Å². The summed E-state index contributed by atoms with van der Waals surface area (Å²) in [4.78, 5) is 25.9. The zero-order valence-electron chi connectivity index (χ0n) is 14.3. The molecule has 1 aromatic carbocycles. The Balaban J connectivity index is 1.74. The number of hydrogen-bond acceptors (Lipinski definition) is 4. The van der Waals surface area contributed by atoms with Crippen LogP contribution in [-0.2, 0) is 9.59 Å². The van der Waals surface area contributed by atoms with Crippen molar-refractivity contribution < 1.29 is 23.8 Å². The lowest BCUT2D eigenvalue weighted by atomic mass is 9.76. The molecule has 0 bridgehead atoms. The van der Waals surface area contributed by atoms with Crippen molar-refractivity contribution in [1.82, 2.24) is 4.90 Å². The number of halogens is 1. The molecule has 136 valence electrons. The van der Waals surface area contributed by atoms with Crippen LogP contribution in [0.3, 0.4) is 0 Å². The minimum atomic E-state index is -1.53. The Morgan fingerprint density at radius 1 is 1.24 bits per heavy atom. The van der Waals surface area contributed by atoms with E-state index in [-0.39, 0.29) is 37.6 Å². The number of piperidine rings is 1. The van der Waals surface area contributed by atoms with E-state index in [1.165, 1.54) is 12.1 Å². The number of nitrogens with zero attached hydrogens (tertiary/aromatic N) is 1. The Hall–Kier alpha value is -2.15. The van der Waals surface area contributed by atoms with Gasteiger partial charge >= 0.3 is 5.97 Å². The van der Waals surface area contributed by atoms with Gasteiger partial charge in [-0.15, -0.1) is 0 Å². The van der Waals surface area contributed by atoms with Gasteiger partial charge < -0.3 is 20.5 Å². The van der Waals surface area contributed by atoms with E-state index in [4.69, 9.17) is 10.5 Å². The van der Waals surface area contributed by atoms with Crippen LogP contribution < -0.4 is 10.5 Å². The lowest BCUT2D eigenvalue weighted by molar-refractivity contribution is -0.163. The fraction of sp³-hybridized carbons (Fsp3) is 0.556. The highest BCUT2D eigenvalue weighted by Gasteiger charge is 2.49. The molecule has 1 saturated carbocycles. The Bertz CT molecular complexity index is 694. The number of carboxylic acid groups (broad SMARTS) is 1. The number of rotatable bonds is 4. The first-order valence-corrected chi connectivity index (χ1v) is 8.53. The zero-order valence-corrected chi connectivity index (χ0v) is 14.3. The Morgan fingerprint density at radius 2 is 1.88 bits per heavy atom. The summed E-state index contributed by atoms with van der Waals surface area (Å²) >= 11 is 0. The molecule has 1 amide bonds. The number of benzene rings is 1. The summed E-state index contributed by atoms with van der Waals surface area (Å²) in [6.45, 7) is 2.25. The molecule has 2 aliphatic rings. The molecule has 1 heterocycles. The number of carbonyl (C=O) groups excluding carboxylic acids is 1. The third-order valence-electron chi connectivity index (χ3n) is 5.31. The molecule has 1 aliphatic heterocycles. The number of aryl methyl sites for hydroxylation is 1. The molecular formula is C18H23FN2O4. The van der Waals surface area contributed by atoms with Crippen molar-refractivity contribution >= 4 is 11.9 Å². The highest BCUT2D eigenvalue weighted by Crippen LogP contribution is 2.35. The molecule has 2 fully saturated rings. The Morgan fingerprint density at radius 3 is 2.40 bits per heavy atom. The van der Waals surface area contributed by atoms with Crippen LogP contribution in [0, 0.1) is 12.7 Å². The van der Waals surface area contributed by atoms with Gasteiger partial charge in [-0.3, -0.25) is 4.79 Å². The first-order chi connectivity index (χ1) is 11.8. The van der Waals surface area contributed by atoms with Crippen LogP contribution in [0.25, 0.3) is 0 Å². The van der Waals surface area contributed by atoms with Crippen molar-refractivity contribution in [2.75, 3.05) is 13.1 Å². The second kappa shape index (κ2) is 6.29. The molecule has 0 spiro atoms. The van der Waals surface area contributed by atoms with Gasteiger partial charge in [-0.2, -0.15) is 0 Å². The predicted octanol–water partition coefficient (Wildman–Crippen LogP) is 1.84. The molecule has 7 heteroatoms. The summed E-state index contributed by atoms with van der Waals surface area (Å²) in [7, 11) is 0. The number of likely N-dealkylation sites (tertiary alicyclic amines) is 1. The van der Waals surface area contributed by atoms with Crippen LogP contribution >= 0.6 is 0 Å². The lowest BCUT2D eigenvalue weighted by Gasteiger charge is -2.44. The van der Waals surface area contributed by atoms with Crippen LogP contribution in [0.1, 0.15) is 37.7 Å². The molecule has 0 atom stereocenters. The van der Waals surface area contributed by atoms with Crippen molar-refractivity contribution in [1.29, 1.82) is 0 Å². The summed E-state index contributed by atoms with van der Waals surface area (Å²) in [5.41, 5.74) is 4.52. The van der Waals surface area contributed by atoms with Gasteiger partial charge in [-0.05, 0) is 43.9 Å². The van der Waals surface area contributed by atoms with Gasteiger partial charge in [0.2, 0.25) is 11.5 Å². The standard InChI is InChI=1S/C18H23FN2O4/c1-12-3-4-13(19)14(11-12)25-18(16(23)24)7-9-21(10-8-18)15(22)17(20)5-2-6-17/h3-4,11H,2,5-10,20H2,1H3,(H,23,24). The highest BCUT2D eigenvalue weighted by atomic mass is 19.1. The molecule has 25 heavy (non-hydrogen) atoms. The SMILES string of the molecule is Cc1ccc(F)c(OC2(C(=O)O)CCN(C(=O)C3(N)CCC3)CC2)c1. The summed E-state index contributed by atoms with van der Waals surface area (Å²) in [5.74, 6) is -1.94. The number of carboxylic acids is 1. The number of amides is 1. The van der Waals surface area contributed by atoms with Gasteiger partial charge in [0, 0.05) is 25.9 Å². The average molecular weight is 350 g/mol. The van der Waals surface area contributed by atoms with Gasteiger partial charge in [-0.25, -0.2) is 9.18 Å². The Kier molecular flexibility index (Phi) is 4.45. The van der Waals surface area contributed by atoms with Crippen molar-refractivity contribution in [3.63, 3.8) is 0 Å². The molecular weight excluding hydrogens is 327 g/mol. The molecule has 3 N–H and O–H groups in total. The first-order valence-electron chi connectivity index (χ1n) is 8.53. The summed E-state index contributed by atoms with van der Waals surface area (Å²) < 4.78 is 19.6. The normalized spacial score (nSPS) is 21.3. The number of aliphatic carboxylic acids is 1. The van der Waals surface area contributed by atoms with Crippen molar-refractivity contribution in [3.8, 4) is 5.75 Å². The maximum absolute atomic E-state index is 14.0. The molecule has 1 saturated heterocycles. The smallest absolute Gasteiger partial charge is 0.348 e. The lowest BCUT2D eigenvalue weighted by Crippen LogP contribution is -2.63. The molecule has 0 unspecified atom stereocenters. The number of nitrogens with two attached hydrogens (primary N) is 1. The van der Waals surface area contributed by atoms with E-state index < -0.39 is 22.9 Å². The second-order valence-corrected chi connectivity index (χ2v) is 7.14. The van der Waals surface area contributed by atoms with Gasteiger partial charge in [0.15, 0.2) is 11.6 Å². The van der Waals surface area contributed by atoms with Gasteiger partial charge in [-0.1, -0.05) is 6.07 Å². The predicted molar refractivity (Wildman–Crippen MR) is 88.7 cm³/mol. The molecule has 0 aromatic heterocycles. The van der Waals surface area contributed by atoms with E-state index >= 15 is 0 Å². The van der Waals surface area contributed by atoms with E-state index in [1.54, 1.807) is 17.9 Å². The minimum absolute atomic E-state index is 0.0727. The fourth-order valence-corrected chi connectivity index (χ4v) is 3.42. The van der Waals surface area contributed by atoms with Gasteiger partial charge in [0.1, 0.15) is 0 Å². The number of hydrogen-bond donors (Lipinski definition) is 2. The fourth-order valence-electron chi connectivity index (χ4n) is 3.42. The quantitative estimate of drug-likeness (QED) is 0.864. The van der Waals surface area contributed by atoms with E-state index in [2.05, 4.69) is 0 Å². The molecule has 1 aromatic rings. The van der Waals surface area contributed by atoms with Crippen molar-refractivity contribution in [2.45, 2.75) is 50.2 Å². The largest absolute Gasteiger partial charge is 0.478 e. The summed E-state index contributed by atoms with van der Waals surface area (Å²) in [6.07, 6.45) is 2.45. The average Bonchev–Trinajstić information content (AvgIpc) is 2.56. The van der Waals surface area contributed by atoms with Gasteiger partial charge in [0.25, 0.3) is 0 Å². The number of carbonyl (C=O) groups is 2. The monoisotopic (exact) mass is 350 g/mol. The maximum atomic E-state index is 14.0.